The van der Waals surface area contributed by atoms with Crippen molar-refractivity contribution in [2.75, 3.05) is 6.61 Å². The normalized spacial score (nSPS) is 18.9. The van der Waals surface area contributed by atoms with E-state index in [-0.39, 0.29) is 11.8 Å². The van der Waals surface area contributed by atoms with Crippen molar-refractivity contribution in [3.05, 3.63) is 46.2 Å². The van der Waals surface area contributed by atoms with Gasteiger partial charge in [0.15, 0.2) is 0 Å². The van der Waals surface area contributed by atoms with E-state index in [0.29, 0.717) is 18.6 Å². The van der Waals surface area contributed by atoms with E-state index in [2.05, 4.69) is 36.7 Å². The molecule has 0 saturated heterocycles. The third-order valence-electron chi connectivity index (χ3n) is 3.68. The molecule has 1 aromatic heterocycles. The summed E-state index contributed by atoms with van der Waals surface area (Å²) in [7, 11) is 0. The van der Waals surface area contributed by atoms with Crippen LogP contribution in [0, 0.1) is 5.92 Å². The number of hydrogen-bond acceptors (Lipinski definition) is 4. The zero-order chi connectivity index (χ0) is 14.1. The highest BCUT2D eigenvalue weighted by Crippen LogP contribution is 2.37. The first kappa shape index (κ1) is 13.5. The minimum Gasteiger partial charge on any atom is -0.508 e. The Hall–Kier alpha value is -1.52. The van der Waals surface area contributed by atoms with Crippen LogP contribution in [0.2, 0.25) is 0 Å². The summed E-state index contributed by atoms with van der Waals surface area (Å²) >= 11 is 1.78. The number of fused-ring (bicyclic) bond motifs is 1. The van der Waals surface area contributed by atoms with Crippen LogP contribution in [0.3, 0.4) is 0 Å². The number of rotatable bonds is 4. The largest absolute Gasteiger partial charge is 0.508 e. The summed E-state index contributed by atoms with van der Waals surface area (Å²) in [6, 6.07) is 10.1. The minimum atomic E-state index is 0.181. The van der Waals surface area contributed by atoms with E-state index in [1.165, 1.54) is 4.88 Å². The van der Waals surface area contributed by atoms with Gasteiger partial charge in [0, 0.05) is 22.5 Å². The summed E-state index contributed by atoms with van der Waals surface area (Å²) in [6.07, 6.45) is 0. The van der Waals surface area contributed by atoms with Crippen LogP contribution in [0.25, 0.3) is 0 Å². The van der Waals surface area contributed by atoms with Crippen LogP contribution < -0.4 is 10.1 Å². The molecule has 0 radical (unpaired) electrons. The van der Waals surface area contributed by atoms with E-state index in [9.17, 15) is 5.11 Å². The molecule has 1 aliphatic rings. The first-order valence-electron chi connectivity index (χ1n) is 6.90. The van der Waals surface area contributed by atoms with Crippen molar-refractivity contribution in [1.82, 2.24) is 5.32 Å². The molecule has 3 rings (SSSR count). The fraction of sp³-hybridized carbons (Fsp3) is 0.375. The van der Waals surface area contributed by atoms with E-state index >= 15 is 0 Å². The molecule has 20 heavy (non-hydrogen) atoms. The van der Waals surface area contributed by atoms with Crippen LogP contribution >= 0.6 is 11.3 Å². The number of phenols is 1. The molecule has 2 heterocycles. The molecular formula is C16H19NO2S. The van der Waals surface area contributed by atoms with Crippen molar-refractivity contribution in [1.29, 1.82) is 0 Å². The molecule has 0 bridgehead atoms. The molecule has 0 fully saturated rings. The van der Waals surface area contributed by atoms with Crippen LogP contribution in [0.4, 0.5) is 0 Å². The topological polar surface area (TPSA) is 41.5 Å². The van der Waals surface area contributed by atoms with Crippen LogP contribution in [0.15, 0.2) is 35.7 Å². The number of ether oxygens (including phenoxy) is 1. The molecule has 0 saturated carbocycles. The van der Waals surface area contributed by atoms with Gasteiger partial charge in [0.25, 0.3) is 0 Å². The molecule has 2 N–H and O–H groups in total. The minimum absolute atomic E-state index is 0.181. The summed E-state index contributed by atoms with van der Waals surface area (Å²) in [5.41, 5.74) is 1.13. The van der Waals surface area contributed by atoms with Crippen molar-refractivity contribution in [2.45, 2.75) is 25.9 Å². The van der Waals surface area contributed by atoms with Gasteiger partial charge >= 0.3 is 0 Å². The van der Waals surface area contributed by atoms with Crippen LogP contribution in [0.5, 0.6) is 11.5 Å². The maximum atomic E-state index is 9.50. The molecule has 0 aliphatic carbocycles. The summed E-state index contributed by atoms with van der Waals surface area (Å²) in [4.78, 5) is 1.35. The highest BCUT2D eigenvalue weighted by molar-refractivity contribution is 7.10. The predicted octanol–water partition coefficient (Wildman–Crippen LogP) is 3.87. The number of benzene rings is 1. The SMILES string of the molecule is CC(C)C(NC1COc2cc(O)ccc21)c1cccs1. The number of aromatic hydroxyl groups is 1. The van der Waals surface area contributed by atoms with Gasteiger partial charge in [-0.25, -0.2) is 0 Å². The quantitative estimate of drug-likeness (QED) is 0.897. The molecule has 2 atom stereocenters. The number of thiophene rings is 1. The molecule has 2 unspecified atom stereocenters. The van der Waals surface area contributed by atoms with Gasteiger partial charge in [0.2, 0.25) is 0 Å². The van der Waals surface area contributed by atoms with E-state index in [1.807, 2.05) is 6.07 Å². The first-order chi connectivity index (χ1) is 9.65. The van der Waals surface area contributed by atoms with Gasteiger partial charge in [0.05, 0.1) is 6.04 Å². The Labute approximate surface area is 123 Å². The van der Waals surface area contributed by atoms with Gasteiger partial charge in [-0.2, -0.15) is 0 Å². The van der Waals surface area contributed by atoms with Gasteiger partial charge in [-0.15, -0.1) is 11.3 Å². The maximum absolute atomic E-state index is 9.50. The summed E-state index contributed by atoms with van der Waals surface area (Å²) in [5.74, 6) is 1.55. The second kappa shape index (κ2) is 5.46. The maximum Gasteiger partial charge on any atom is 0.127 e. The third kappa shape index (κ3) is 2.53. The standard InChI is InChI=1S/C16H19NO2S/c1-10(2)16(15-4-3-7-20-15)17-13-9-19-14-8-11(18)5-6-12(13)14/h3-8,10,13,16-18H,9H2,1-2H3. The Morgan fingerprint density at radius 1 is 1.35 bits per heavy atom. The highest BCUT2D eigenvalue weighted by atomic mass is 32.1. The zero-order valence-electron chi connectivity index (χ0n) is 11.7. The van der Waals surface area contributed by atoms with Gasteiger partial charge in [-0.05, 0) is 29.5 Å². The highest BCUT2D eigenvalue weighted by Gasteiger charge is 2.28. The van der Waals surface area contributed by atoms with Gasteiger partial charge in [-0.3, -0.25) is 5.32 Å². The van der Waals surface area contributed by atoms with Crippen LogP contribution in [-0.4, -0.2) is 11.7 Å². The molecule has 0 amide bonds. The average molecular weight is 289 g/mol. The van der Waals surface area contributed by atoms with Gasteiger partial charge < -0.3 is 9.84 Å². The lowest BCUT2D eigenvalue weighted by Gasteiger charge is -2.25. The van der Waals surface area contributed by atoms with Crippen molar-refractivity contribution < 1.29 is 9.84 Å². The predicted molar refractivity (Wildman–Crippen MR) is 81.4 cm³/mol. The Balaban J connectivity index is 1.82. The molecule has 106 valence electrons. The Morgan fingerprint density at radius 2 is 2.20 bits per heavy atom. The Bertz CT molecular complexity index is 580. The Morgan fingerprint density at radius 3 is 2.90 bits per heavy atom. The van der Waals surface area contributed by atoms with E-state index in [1.54, 1.807) is 23.5 Å². The van der Waals surface area contributed by atoms with Crippen LogP contribution in [-0.2, 0) is 0 Å². The second-order valence-corrected chi connectivity index (χ2v) is 6.47. The van der Waals surface area contributed by atoms with E-state index < -0.39 is 0 Å². The third-order valence-corrected chi connectivity index (χ3v) is 4.63. The Kier molecular flexibility index (Phi) is 3.68. The number of nitrogens with one attached hydrogen (secondary N) is 1. The molecule has 4 heteroatoms. The average Bonchev–Trinajstić information content (AvgIpc) is 3.04. The molecule has 1 aromatic carbocycles. The van der Waals surface area contributed by atoms with Crippen molar-refractivity contribution in [3.8, 4) is 11.5 Å². The summed E-state index contributed by atoms with van der Waals surface area (Å²) < 4.78 is 5.67. The van der Waals surface area contributed by atoms with E-state index in [0.717, 1.165) is 11.3 Å². The smallest absolute Gasteiger partial charge is 0.127 e. The lowest BCUT2D eigenvalue weighted by Crippen LogP contribution is -2.30. The van der Waals surface area contributed by atoms with Crippen molar-refractivity contribution in [3.63, 3.8) is 0 Å². The lowest BCUT2D eigenvalue weighted by molar-refractivity contribution is 0.281. The molecule has 3 nitrogen and oxygen atoms in total. The second-order valence-electron chi connectivity index (χ2n) is 5.49. The summed E-state index contributed by atoms with van der Waals surface area (Å²) in [6.45, 7) is 5.07. The van der Waals surface area contributed by atoms with Crippen molar-refractivity contribution in [2.24, 2.45) is 5.92 Å². The molecule has 0 spiro atoms. The lowest BCUT2D eigenvalue weighted by atomic mass is 10.00. The molecule has 1 aliphatic heterocycles. The summed E-state index contributed by atoms with van der Waals surface area (Å²) in [5, 5.41) is 15.3. The monoisotopic (exact) mass is 289 g/mol. The first-order valence-corrected chi connectivity index (χ1v) is 7.78. The van der Waals surface area contributed by atoms with Gasteiger partial charge in [0.1, 0.15) is 18.1 Å². The number of phenolic OH excluding ortho intramolecular Hbond substituents is 1. The van der Waals surface area contributed by atoms with Gasteiger partial charge in [-0.1, -0.05) is 19.9 Å². The van der Waals surface area contributed by atoms with E-state index in [4.69, 9.17) is 4.74 Å². The van der Waals surface area contributed by atoms with Crippen LogP contribution in [0.1, 0.15) is 36.4 Å². The molecular weight excluding hydrogens is 270 g/mol. The molecule has 2 aromatic rings. The fourth-order valence-corrected chi connectivity index (χ4v) is 3.58. The number of hydrogen-bond donors (Lipinski definition) is 2. The van der Waals surface area contributed by atoms with Crippen molar-refractivity contribution >= 4 is 11.3 Å². The zero-order valence-corrected chi connectivity index (χ0v) is 12.5. The fourth-order valence-electron chi connectivity index (χ4n) is 2.62.